The number of halogens is 2. The van der Waals surface area contributed by atoms with E-state index in [0.717, 1.165) is 52.9 Å². The molecular weight excluding hydrogens is 442 g/mol. The fourth-order valence-corrected chi connectivity index (χ4v) is 5.69. The number of carbonyl (C=O) groups excluding carboxylic acids is 1. The Bertz CT molecular complexity index is 1270. The topological polar surface area (TPSA) is 66.3 Å². The van der Waals surface area contributed by atoms with Crippen LogP contribution in [0.5, 0.6) is 0 Å². The molecule has 4 heterocycles. The minimum Gasteiger partial charge on any atom is -0.345 e. The SMILES string of the molecule is CN1CCN(c2nc3ccc(NC(=O)c4cc5c(C(F)F)nn(C)c5s4)cc3s2)CC1. The molecule has 31 heavy (non-hydrogen) atoms. The van der Waals surface area contributed by atoms with Gasteiger partial charge in [0.25, 0.3) is 12.3 Å². The van der Waals surface area contributed by atoms with Crippen LogP contribution in [0.25, 0.3) is 20.4 Å². The van der Waals surface area contributed by atoms with Crippen LogP contribution in [0, 0.1) is 0 Å². The van der Waals surface area contributed by atoms with Crippen molar-refractivity contribution < 1.29 is 13.6 Å². The summed E-state index contributed by atoms with van der Waals surface area (Å²) in [7, 11) is 3.72. The van der Waals surface area contributed by atoms with Gasteiger partial charge in [0, 0.05) is 44.3 Å². The van der Waals surface area contributed by atoms with Gasteiger partial charge in [0.1, 0.15) is 10.5 Å². The maximum absolute atomic E-state index is 13.2. The van der Waals surface area contributed by atoms with Crippen LogP contribution in [0.4, 0.5) is 19.6 Å². The van der Waals surface area contributed by atoms with E-state index in [2.05, 4.69) is 27.3 Å². The lowest BCUT2D eigenvalue weighted by atomic mass is 10.2. The van der Waals surface area contributed by atoms with Gasteiger partial charge in [0.15, 0.2) is 5.13 Å². The maximum atomic E-state index is 13.2. The first kappa shape index (κ1) is 20.3. The zero-order chi connectivity index (χ0) is 21.7. The number of piperazine rings is 1. The number of carbonyl (C=O) groups is 1. The molecule has 11 heteroatoms. The molecule has 1 saturated heterocycles. The normalized spacial score (nSPS) is 15.5. The van der Waals surface area contributed by atoms with Crippen molar-refractivity contribution in [3.63, 3.8) is 0 Å². The van der Waals surface area contributed by atoms with E-state index in [4.69, 9.17) is 4.98 Å². The second-order valence-corrected chi connectivity index (χ2v) is 9.60. The average Bonchev–Trinajstić information content (AvgIpc) is 3.43. The van der Waals surface area contributed by atoms with Crippen molar-refractivity contribution in [3.05, 3.63) is 34.8 Å². The summed E-state index contributed by atoms with van der Waals surface area (Å²) in [6, 6.07) is 7.10. The van der Waals surface area contributed by atoms with Crippen LogP contribution in [0.1, 0.15) is 21.8 Å². The third kappa shape index (κ3) is 3.77. The summed E-state index contributed by atoms with van der Waals surface area (Å²) in [5.74, 6) is -0.329. The first-order chi connectivity index (χ1) is 14.9. The Morgan fingerprint density at radius 2 is 1.90 bits per heavy atom. The first-order valence-electron chi connectivity index (χ1n) is 9.79. The molecule has 4 aromatic rings. The van der Waals surface area contributed by atoms with E-state index in [1.807, 2.05) is 18.2 Å². The molecule has 7 nitrogen and oxygen atoms in total. The van der Waals surface area contributed by atoms with Crippen molar-refractivity contribution >= 4 is 59.8 Å². The highest BCUT2D eigenvalue weighted by Gasteiger charge is 2.22. The first-order valence-corrected chi connectivity index (χ1v) is 11.4. The standard InChI is InChI=1S/C20H20F2N6OS2/c1-26-5-7-28(8-6-26)20-24-13-4-3-11(9-14(13)31-20)23-18(29)15-10-12-16(17(21)22)25-27(2)19(12)30-15/h3-4,9-10,17H,5-8H2,1-2H3,(H,23,29). The number of alkyl halides is 2. The Kier molecular flexibility index (Phi) is 5.11. The number of nitrogens with one attached hydrogen (secondary N) is 1. The maximum Gasteiger partial charge on any atom is 0.282 e. The molecule has 3 aromatic heterocycles. The van der Waals surface area contributed by atoms with Gasteiger partial charge in [0.05, 0.1) is 15.1 Å². The second-order valence-electron chi connectivity index (χ2n) is 7.56. The number of thiazole rings is 1. The summed E-state index contributed by atoms with van der Waals surface area (Å²) in [4.78, 5) is 23.0. The van der Waals surface area contributed by atoms with Crippen molar-refractivity contribution in [2.24, 2.45) is 7.05 Å². The fourth-order valence-electron chi connectivity index (χ4n) is 3.66. The molecule has 0 aliphatic carbocycles. The fraction of sp³-hybridized carbons (Fsp3) is 0.350. The number of amides is 1. The Hall–Kier alpha value is -2.63. The monoisotopic (exact) mass is 462 g/mol. The summed E-state index contributed by atoms with van der Waals surface area (Å²) < 4.78 is 28.8. The molecule has 0 atom stereocenters. The molecule has 1 aliphatic rings. The third-order valence-electron chi connectivity index (χ3n) is 5.38. The van der Waals surface area contributed by atoms with Gasteiger partial charge in [-0.1, -0.05) is 11.3 Å². The Morgan fingerprint density at radius 1 is 1.13 bits per heavy atom. The zero-order valence-electron chi connectivity index (χ0n) is 16.9. The summed E-state index contributed by atoms with van der Waals surface area (Å²) in [5, 5.41) is 8.03. The Morgan fingerprint density at radius 3 is 2.65 bits per heavy atom. The molecule has 0 bridgehead atoms. The quantitative estimate of drug-likeness (QED) is 0.493. The lowest BCUT2D eigenvalue weighted by Crippen LogP contribution is -2.44. The van der Waals surface area contributed by atoms with Gasteiger partial charge >= 0.3 is 0 Å². The van der Waals surface area contributed by atoms with Crippen LogP contribution in [-0.2, 0) is 7.05 Å². The number of benzene rings is 1. The van der Waals surface area contributed by atoms with Crippen LogP contribution in [0.3, 0.4) is 0 Å². The highest BCUT2D eigenvalue weighted by molar-refractivity contribution is 7.22. The lowest BCUT2D eigenvalue weighted by molar-refractivity contribution is 0.103. The summed E-state index contributed by atoms with van der Waals surface area (Å²) in [6.45, 7) is 3.91. The van der Waals surface area contributed by atoms with E-state index in [1.54, 1.807) is 18.4 Å². The van der Waals surface area contributed by atoms with Crippen molar-refractivity contribution in [2.75, 3.05) is 43.4 Å². The molecule has 1 fully saturated rings. The number of aromatic nitrogens is 3. The van der Waals surface area contributed by atoms with Crippen LogP contribution in [-0.4, -0.2) is 58.8 Å². The summed E-state index contributed by atoms with van der Waals surface area (Å²) in [5.41, 5.74) is 1.25. The molecule has 0 radical (unpaired) electrons. The average molecular weight is 463 g/mol. The molecule has 1 aliphatic heterocycles. The Balaban J connectivity index is 1.37. The number of aryl methyl sites for hydroxylation is 1. The van der Waals surface area contributed by atoms with Crippen LogP contribution in [0.2, 0.25) is 0 Å². The van der Waals surface area contributed by atoms with E-state index in [9.17, 15) is 13.6 Å². The van der Waals surface area contributed by atoms with Gasteiger partial charge in [-0.05, 0) is 31.3 Å². The highest BCUT2D eigenvalue weighted by Crippen LogP contribution is 2.34. The van der Waals surface area contributed by atoms with Crippen molar-refractivity contribution in [1.29, 1.82) is 0 Å². The number of rotatable bonds is 4. The zero-order valence-corrected chi connectivity index (χ0v) is 18.6. The predicted octanol–water partition coefficient (Wildman–Crippen LogP) is 4.19. The Labute approximate surface area is 184 Å². The molecule has 5 rings (SSSR count). The number of fused-ring (bicyclic) bond motifs is 2. The van der Waals surface area contributed by atoms with E-state index >= 15 is 0 Å². The highest BCUT2D eigenvalue weighted by atomic mass is 32.1. The number of hydrogen-bond donors (Lipinski definition) is 1. The van der Waals surface area contributed by atoms with E-state index in [1.165, 1.54) is 10.7 Å². The van der Waals surface area contributed by atoms with Gasteiger partial charge in [-0.25, -0.2) is 13.8 Å². The van der Waals surface area contributed by atoms with E-state index < -0.39 is 6.43 Å². The predicted molar refractivity (Wildman–Crippen MR) is 121 cm³/mol. The van der Waals surface area contributed by atoms with Gasteiger partial charge < -0.3 is 15.1 Å². The minimum absolute atomic E-state index is 0.296. The van der Waals surface area contributed by atoms with Gasteiger partial charge in [0.2, 0.25) is 0 Å². The van der Waals surface area contributed by atoms with Crippen molar-refractivity contribution in [1.82, 2.24) is 19.7 Å². The number of thiophene rings is 1. The third-order valence-corrected chi connectivity index (χ3v) is 7.66. The largest absolute Gasteiger partial charge is 0.345 e. The molecule has 1 N–H and O–H groups in total. The van der Waals surface area contributed by atoms with E-state index in [0.29, 0.717) is 20.8 Å². The van der Waals surface area contributed by atoms with E-state index in [-0.39, 0.29) is 11.6 Å². The number of anilines is 2. The molecule has 1 aromatic carbocycles. The molecule has 162 valence electrons. The molecule has 1 amide bonds. The van der Waals surface area contributed by atoms with Gasteiger partial charge in [-0.2, -0.15) is 5.10 Å². The van der Waals surface area contributed by atoms with Crippen LogP contribution >= 0.6 is 22.7 Å². The number of hydrogen-bond acceptors (Lipinski definition) is 7. The molecular formula is C20H20F2N6OS2. The van der Waals surface area contributed by atoms with Gasteiger partial charge in [-0.3, -0.25) is 9.48 Å². The minimum atomic E-state index is -2.68. The van der Waals surface area contributed by atoms with Crippen molar-refractivity contribution in [2.45, 2.75) is 6.43 Å². The molecule has 0 unspecified atom stereocenters. The smallest absolute Gasteiger partial charge is 0.282 e. The number of likely N-dealkylation sites (N-methyl/N-ethyl adjacent to an activating group) is 1. The van der Waals surface area contributed by atoms with Gasteiger partial charge in [-0.15, -0.1) is 11.3 Å². The number of nitrogens with zero attached hydrogens (tertiary/aromatic N) is 5. The van der Waals surface area contributed by atoms with Crippen LogP contribution < -0.4 is 10.2 Å². The lowest BCUT2D eigenvalue weighted by Gasteiger charge is -2.31. The second kappa shape index (κ2) is 7.81. The molecule has 0 saturated carbocycles. The summed E-state index contributed by atoms with van der Waals surface area (Å²) >= 11 is 2.76. The summed E-state index contributed by atoms with van der Waals surface area (Å²) in [6.07, 6.45) is -2.68. The van der Waals surface area contributed by atoms with Crippen LogP contribution in [0.15, 0.2) is 24.3 Å². The van der Waals surface area contributed by atoms with Crippen molar-refractivity contribution in [3.8, 4) is 0 Å². The molecule has 0 spiro atoms.